The number of hydrogen-bond acceptors (Lipinski definition) is 3. The summed E-state index contributed by atoms with van der Waals surface area (Å²) >= 11 is 0. The molecule has 4 N–H and O–H groups in total. The molecule has 7 heteroatoms. The lowest BCUT2D eigenvalue weighted by atomic mass is 10.1. The summed E-state index contributed by atoms with van der Waals surface area (Å²) in [6, 6.07) is -1.92. The Morgan fingerprint density at radius 3 is 2.06 bits per heavy atom. The minimum atomic E-state index is -1.25. The molecular weight excluding hydrogens is 216 g/mol. The number of nitrogens with one attached hydrogen (secondary N) is 2. The van der Waals surface area contributed by atoms with E-state index < -0.39 is 24.0 Å². The largest absolute Gasteiger partial charge is 0.481 e. The van der Waals surface area contributed by atoms with Crippen LogP contribution >= 0.6 is 0 Å². The Bertz CT molecular complexity index is 277. The topological polar surface area (TPSA) is 116 Å². The molecule has 0 spiro atoms. The number of carboxylic acids is 2. The van der Waals surface area contributed by atoms with Crippen LogP contribution in [0.25, 0.3) is 0 Å². The zero-order valence-electron chi connectivity index (χ0n) is 9.19. The number of rotatable bonds is 6. The zero-order valence-corrected chi connectivity index (χ0v) is 9.19. The second kappa shape index (κ2) is 6.65. The maximum atomic E-state index is 11.2. The Kier molecular flexibility index (Phi) is 5.91. The van der Waals surface area contributed by atoms with Gasteiger partial charge in [0.25, 0.3) is 0 Å². The van der Waals surface area contributed by atoms with Gasteiger partial charge in [-0.3, -0.25) is 4.79 Å². The smallest absolute Gasteiger partial charge is 0.326 e. The maximum absolute atomic E-state index is 11.2. The Labute approximate surface area is 92.8 Å². The van der Waals surface area contributed by atoms with Gasteiger partial charge in [0.1, 0.15) is 6.04 Å². The minimum absolute atomic E-state index is 0.117. The molecule has 0 aliphatic rings. The molecular formula is C9H16N2O5. The van der Waals surface area contributed by atoms with E-state index in [0.29, 0.717) is 0 Å². The van der Waals surface area contributed by atoms with Crippen LogP contribution in [0.5, 0.6) is 0 Å². The molecule has 0 saturated heterocycles. The molecule has 0 aliphatic heterocycles. The molecule has 0 aromatic rings. The quantitative estimate of drug-likeness (QED) is 0.515. The first kappa shape index (κ1) is 14.2. The third-order valence-corrected chi connectivity index (χ3v) is 1.67. The summed E-state index contributed by atoms with van der Waals surface area (Å²) in [5.41, 5.74) is 0. The molecule has 0 aliphatic carbocycles. The van der Waals surface area contributed by atoms with Crippen LogP contribution in [-0.4, -0.2) is 40.3 Å². The average molecular weight is 232 g/mol. The molecule has 0 radical (unpaired) electrons. The molecule has 0 saturated carbocycles. The van der Waals surface area contributed by atoms with E-state index in [1.165, 1.54) is 0 Å². The van der Waals surface area contributed by atoms with E-state index in [2.05, 4.69) is 10.6 Å². The normalized spacial score (nSPS) is 11.9. The summed E-state index contributed by atoms with van der Waals surface area (Å²) < 4.78 is 0. The second-order valence-corrected chi connectivity index (χ2v) is 3.60. The van der Waals surface area contributed by atoms with E-state index in [1.807, 2.05) is 0 Å². The van der Waals surface area contributed by atoms with Gasteiger partial charge in [0.05, 0.1) is 0 Å². The first-order chi connectivity index (χ1) is 7.32. The number of urea groups is 1. The highest BCUT2D eigenvalue weighted by Crippen LogP contribution is 1.98. The number of aliphatic carboxylic acids is 2. The second-order valence-electron chi connectivity index (χ2n) is 3.60. The summed E-state index contributed by atoms with van der Waals surface area (Å²) in [4.78, 5) is 32.1. The van der Waals surface area contributed by atoms with Crippen LogP contribution in [0.4, 0.5) is 4.79 Å². The molecule has 1 atom stereocenters. The van der Waals surface area contributed by atoms with Gasteiger partial charge in [-0.2, -0.15) is 0 Å². The third kappa shape index (κ3) is 6.63. The van der Waals surface area contributed by atoms with Crippen LogP contribution in [-0.2, 0) is 9.59 Å². The average Bonchev–Trinajstić information content (AvgIpc) is 2.09. The predicted molar refractivity (Wildman–Crippen MR) is 55.1 cm³/mol. The van der Waals surface area contributed by atoms with E-state index in [4.69, 9.17) is 10.2 Å². The van der Waals surface area contributed by atoms with Crippen molar-refractivity contribution in [3.63, 3.8) is 0 Å². The van der Waals surface area contributed by atoms with Gasteiger partial charge in [-0.05, 0) is 20.3 Å². The Balaban J connectivity index is 4.17. The van der Waals surface area contributed by atoms with Crippen LogP contribution in [0.3, 0.4) is 0 Å². The molecule has 0 rings (SSSR count). The maximum Gasteiger partial charge on any atom is 0.326 e. The number of amides is 2. The summed E-state index contributed by atoms with van der Waals surface area (Å²) in [7, 11) is 0. The lowest BCUT2D eigenvalue weighted by molar-refractivity contribution is -0.140. The van der Waals surface area contributed by atoms with Gasteiger partial charge >= 0.3 is 18.0 Å². The standard InChI is InChI=1S/C9H16N2O5/c1-5(2)10-9(16)11-6(8(14)15)3-4-7(12)13/h5-6H,3-4H2,1-2H3,(H,12,13)(H,14,15)(H2,10,11,16). The van der Waals surface area contributed by atoms with Gasteiger partial charge in [-0.1, -0.05) is 0 Å². The molecule has 0 bridgehead atoms. The first-order valence-corrected chi connectivity index (χ1v) is 4.84. The van der Waals surface area contributed by atoms with Crippen molar-refractivity contribution in [3.05, 3.63) is 0 Å². The van der Waals surface area contributed by atoms with Crippen molar-refractivity contribution in [1.29, 1.82) is 0 Å². The van der Waals surface area contributed by atoms with Gasteiger partial charge in [0.15, 0.2) is 0 Å². The van der Waals surface area contributed by atoms with E-state index in [0.717, 1.165) is 0 Å². The zero-order chi connectivity index (χ0) is 12.7. The molecule has 0 aromatic heterocycles. The summed E-state index contributed by atoms with van der Waals surface area (Å²) in [5, 5.41) is 21.8. The van der Waals surface area contributed by atoms with Crippen molar-refractivity contribution < 1.29 is 24.6 Å². The third-order valence-electron chi connectivity index (χ3n) is 1.67. The van der Waals surface area contributed by atoms with Gasteiger partial charge in [-0.25, -0.2) is 9.59 Å². The Morgan fingerprint density at radius 1 is 1.12 bits per heavy atom. The van der Waals surface area contributed by atoms with Crippen molar-refractivity contribution in [2.45, 2.75) is 38.8 Å². The fraction of sp³-hybridized carbons (Fsp3) is 0.667. The molecule has 0 aromatic carbocycles. The number of carboxylic acid groups (broad SMARTS) is 2. The van der Waals surface area contributed by atoms with Gasteiger partial charge < -0.3 is 20.8 Å². The fourth-order valence-corrected chi connectivity index (χ4v) is 0.987. The minimum Gasteiger partial charge on any atom is -0.481 e. The highest BCUT2D eigenvalue weighted by atomic mass is 16.4. The van der Waals surface area contributed by atoms with Crippen molar-refractivity contribution in [2.75, 3.05) is 0 Å². The van der Waals surface area contributed by atoms with E-state index in [-0.39, 0.29) is 18.9 Å². The number of carbonyl (C=O) groups is 3. The van der Waals surface area contributed by atoms with Gasteiger partial charge in [0.2, 0.25) is 0 Å². The SMILES string of the molecule is CC(C)NC(=O)NC(CCC(=O)O)C(=O)O. The molecule has 2 amide bonds. The Hall–Kier alpha value is -1.79. The van der Waals surface area contributed by atoms with Crippen molar-refractivity contribution in [1.82, 2.24) is 10.6 Å². The lowest BCUT2D eigenvalue weighted by Gasteiger charge is -2.15. The molecule has 0 fully saturated rings. The summed E-state index contributed by atoms with van der Waals surface area (Å²) in [5.74, 6) is -2.35. The summed E-state index contributed by atoms with van der Waals surface area (Å²) in [6.45, 7) is 3.46. The molecule has 0 heterocycles. The van der Waals surface area contributed by atoms with Crippen LogP contribution in [0.1, 0.15) is 26.7 Å². The van der Waals surface area contributed by atoms with Crippen LogP contribution < -0.4 is 10.6 Å². The van der Waals surface area contributed by atoms with E-state index in [1.54, 1.807) is 13.8 Å². The van der Waals surface area contributed by atoms with Gasteiger partial charge in [-0.15, -0.1) is 0 Å². The predicted octanol–water partition coefficient (Wildman–Crippen LogP) is 0.0120. The molecule has 1 unspecified atom stereocenters. The van der Waals surface area contributed by atoms with Crippen LogP contribution in [0.2, 0.25) is 0 Å². The molecule has 7 nitrogen and oxygen atoms in total. The van der Waals surface area contributed by atoms with Gasteiger partial charge in [0, 0.05) is 12.5 Å². The highest BCUT2D eigenvalue weighted by Gasteiger charge is 2.20. The van der Waals surface area contributed by atoms with Crippen molar-refractivity contribution >= 4 is 18.0 Å². The Morgan fingerprint density at radius 2 is 1.69 bits per heavy atom. The van der Waals surface area contributed by atoms with Crippen molar-refractivity contribution in [3.8, 4) is 0 Å². The fourth-order valence-electron chi connectivity index (χ4n) is 0.987. The van der Waals surface area contributed by atoms with E-state index in [9.17, 15) is 14.4 Å². The van der Waals surface area contributed by atoms with E-state index >= 15 is 0 Å². The molecule has 16 heavy (non-hydrogen) atoms. The number of hydrogen-bond donors (Lipinski definition) is 4. The van der Waals surface area contributed by atoms with Crippen molar-refractivity contribution in [2.24, 2.45) is 0 Å². The highest BCUT2D eigenvalue weighted by molar-refractivity contribution is 5.83. The summed E-state index contributed by atoms with van der Waals surface area (Å²) in [6.07, 6.45) is -0.449. The number of carbonyl (C=O) groups excluding carboxylic acids is 1. The lowest BCUT2D eigenvalue weighted by Crippen LogP contribution is -2.47. The first-order valence-electron chi connectivity index (χ1n) is 4.84. The molecule has 92 valence electrons. The van der Waals surface area contributed by atoms with Crippen LogP contribution in [0, 0.1) is 0 Å². The van der Waals surface area contributed by atoms with Crippen LogP contribution in [0.15, 0.2) is 0 Å². The monoisotopic (exact) mass is 232 g/mol.